The monoisotopic (exact) mass is 316 g/mol. The van der Waals surface area contributed by atoms with Crippen molar-refractivity contribution in [1.29, 1.82) is 0 Å². The Morgan fingerprint density at radius 3 is 2.61 bits per heavy atom. The number of carbonyl (C=O) groups is 1. The van der Waals surface area contributed by atoms with Gasteiger partial charge in [-0.15, -0.1) is 6.42 Å². The van der Waals surface area contributed by atoms with Crippen LogP contribution >= 0.6 is 0 Å². The number of aldehydes is 1. The molecule has 0 radical (unpaired) electrons. The molecule has 0 N–H and O–H groups in total. The first-order chi connectivity index (χ1) is 11.0. The summed E-state index contributed by atoms with van der Waals surface area (Å²) in [5.41, 5.74) is 1.08. The van der Waals surface area contributed by atoms with E-state index in [0.29, 0.717) is 11.8 Å². The lowest BCUT2D eigenvalue weighted by atomic mass is 9.84. The second-order valence-electron chi connectivity index (χ2n) is 6.98. The fourth-order valence-corrected chi connectivity index (χ4v) is 3.40. The van der Waals surface area contributed by atoms with Gasteiger partial charge in [-0.2, -0.15) is 0 Å². The maximum Gasteiger partial charge on any atom is 0.170 e. The molecule has 0 aromatic rings. The minimum Gasteiger partial charge on any atom is -0.346 e. The topological polar surface area (TPSA) is 35.5 Å². The van der Waals surface area contributed by atoms with Crippen LogP contribution in [-0.2, 0) is 14.3 Å². The van der Waals surface area contributed by atoms with E-state index in [1.807, 2.05) is 13.0 Å². The van der Waals surface area contributed by atoms with E-state index in [0.717, 1.165) is 44.0 Å². The number of allylic oxidation sites excluding steroid dienone is 3. The Hall–Kier alpha value is -1.37. The van der Waals surface area contributed by atoms with Gasteiger partial charge in [-0.05, 0) is 44.1 Å². The van der Waals surface area contributed by atoms with Gasteiger partial charge in [-0.3, -0.25) is 4.79 Å². The van der Waals surface area contributed by atoms with Gasteiger partial charge in [0.25, 0.3) is 0 Å². The molecular formula is C20H28O3. The van der Waals surface area contributed by atoms with Gasteiger partial charge in [0.2, 0.25) is 0 Å². The molecular weight excluding hydrogens is 288 g/mol. The standard InChI is InChI=1S/C20H28O3/c1-5-18-16(3)10-12-20(22-18)13-11-17(4)19(23-20)9-8-15(2)7-6-14-21/h1,6-8,14,16-19H,9-13H2,2-4H3/b7-6+,15-8+/t16-,17-,18-,19+,20?/m0/s1. The molecule has 0 aromatic carbocycles. The summed E-state index contributed by atoms with van der Waals surface area (Å²) in [5.74, 6) is 3.15. The molecule has 3 nitrogen and oxygen atoms in total. The summed E-state index contributed by atoms with van der Waals surface area (Å²) in [5, 5.41) is 0. The zero-order valence-electron chi connectivity index (χ0n) is 14.5. The van der Waals surface area contributed by atoms with Crippen molar-refractivity contribution in [3.05, 3.63) is 23.8 Å². The van der Waals surface area contributed by atoms with Crippen molar-refractivity contribution in [2.24, 2.45) is 11.8 Å². The van der Waals surface area contributed by atoms with E-state index in [2.05, 4.69) is 25.8 Å². The van der Waals surface area contributed by atoms with Gasteiger partial charge in [-0.1, -0.05) is 37.5 Å². The smallest absolute Gasteiger partial charge is 0.170 e. The number of ether oxygens (including phenoxy) is 2. The minimum atomic E-state index is -0.499. The molecule has 2 aliphatic rings. The molecule has 0 saturated carbocycles. The zero-order valence-corrected chi connectivity index (χ0v) is 14.5. The molecule has 3 heteroatoms. The van der Waals surface area contributed by atoms with Crippen molar-refractivity contribution in [3.8, 4) is 12.3 Å². The van der Waals surface area contributed by atoms with Gasteiger partial charge in [0, 0.05) is 12.8 Å². The van der Waals surface area contributed by atoms with Crippen molar-refractivity contribution in [1.82, 2.24) is 0 Å². The lowest BCUT2D eigenvalue weighted by Crippen LogP contribution is -2.51. The predicted molar refractivity (Wildman–Crippen MR) is 91.7 cm³/mol. The molecule has 0 bridgehead atoms. The molecule has 2 rings (SSSR count). The SMILES string of the molecule is C#C[C@@H]1OC2(CC[C@@H]1C)CC[C@H](C)[C@@H](C/C=C(C)/C=C/C=O)O2. The van der Waals surface area contributed by atoms with Gasteiger partial charge < -0.3 is 9.47 Å². The van der Waals surface area contributed by atoms with E-state index >= 15 is 0 Å². The van der Waals surface area contributed by atoms with E-state index in [1.165, 1.54) is 6.08 Å². The second-order valence-corrected chi connectivity index (χ2v) is 6.98. The van der Waals surface area contributed by atoms with E-state index < -0.39 is 5.79 Å². The van der Waals surface area contributed by atoms with E-state index in [9.17, 15) is 4.79 Å². The maximum atomic E-state index is 10.4. The first kappa shape index (κ1) is 18.0. The highest BCUT2D eigenvalue weighted by molar-refractivity contribution is 5.65. The van der Waals surface area contributed by atoms with Crippen LogP contribution in [0.1, 0.15) is 52.9 Å². The second kappa shape index (κ2) is 7.95. The predicted octanol–water partition coefficient (Wildman–Crippen LogP) is 4.04. The maximum absolute atomic E-state index is 10.4. The molecule has 1 unspecified atom stereocenters. The van der Waals surface area contributed by atoms with E-state index in [1.54, 1.807) is 0 Å². The van der Waals surface area contributed by atoms with Crippen LogP contribution in [0.25, 0.3) is 0 Å². The zero-order chi connectivity index (χ0) is 16.9. The lowest BCUT2D eigenvalue weighted by Gasteiger charge is -2.48. The summed E-state index contributed by atoms with van der Waals surface area (Å²) in [6.07, 6.45) is 16.7. The summed E-state index contributed by atoms with van der Waals surface area (Å²) in [7, 11) is 0. The van der Waals surface area contributed by atoms with Crippen molar-refractivity contribution in [2.75, 3.05) is 0 Å². The highest BCUT2D eigenvalue weighted by atomic mass is 16.7. The van der Waals surface area contributed by atoms with E-state index in [4.69, 9.17) is 15.9 Å². The fraction of sp³-hybridized carbons (Fsp3) is 0.650. The third-order valence-corrected chi connectivity index (χ3v) is 5.09. The van der Waals surface area contributed by atoms with Crippen molar-refractivity contribution < 1.29 is 14.3 Å². The van der Waals surface area contributed by atoms with Crippen LogP contribution < -0.4 is 0 Å². The molecule has 1 spiro atoms. The average molecular weight is 316 g/mol. The normalized spacial score (nSPS) is 38.6. The number of hydrogen-bond donors (Lipinski definition) is 0. The quantitative estimate of drug-likeness (QED) is 0.340. The van der Waals surface area contributed by atoms with Crippen LogP contribution in [0.2, 0.25) is 0 Å². The van der Waals surface area contributed by atoms with Gasteiger partial charge in [0.1, 0.15) is 12.4 Å². The van der Waals surface area contributed by atoms with Crippen LogP contribution in [0.4, 0.5) is 0 Å². The highest BCUT2D eigenvalue weighted by Crippen LogP contribution is 2.43. The Balaban J connectivity index is 2.03. The largest absolute Gasteiger partial charge is 0.346 e. The third-order valence-electron chi connectivity index (χ3n) is 5.09. The first-order valence-electron chi connectivity index (χ1n) is 8.60. The first-order valence-corrected chi connectivity index (χ1v) is 8.60. The highest BCUT2D eigenvalue weighted by Gasteiger charge is 2.45. The van der Waals surface area contributed by atoms with Crippen molar-refractivity contribution in [2.45, 2.75) is 70.9 Å². The molecule has 2 heterocycles. The Kier molecular flexibility index (Phi) is 6.21. The third kappa shape index (κ3) is 4.56. The molecule has 2 saturated heterocycles. The van der Waals surface area contributed by atoms with Gasteiger partial charge in [-0.25, -0.2) is 0 Å². The molecule has 23 heavy (non-hydrogen) atoms. The fourth-order valence-electron chi connectivity index (χ4n) is 3.40. The van der Waals surface area contributed by atoms with Crippen molar-refractivity contribution in [3.63, 3.8) is 0 Å². The van der Waals surface area contributed by atoms with Crippen LogP contribution in [0.5, 0.6) is 0 Å². The average Bonchev–Trinajstić information content (AvgIpc) is 2.56. The van der Waals surface area contributed by atoms with Gasteiger partial charge >= 0.3 is 0 Å². The number of hydrogen-bond acceptors (Lipinski definition) is 3. The van der Waals surface area contributed by atoms with Gasteiger partial charge in [0.15, 0.2) is 5.79 Å². The van der Waals surface area contributed by atoms with Crippen LogP contribution in [0.15, 0.2) is 23.8 Å². The molecule has 0 aromatic heterocycles. The van der Waals surface area contributed by atoms with Crippen molar-refractivity contribution >= 4 is 6.29 Å². The molecule has 0 amide bonds. The van der Waals surface area contributed by atoms with E-state index in [-0.39, 0.29) is 12.2 Å². The Morgan fingerprint density at radius 2 is 1.96 bits per heavy atom. The van der Waals surface area contributed by atoms with Crippen LogP contribution in [0.3, 0.4) is 0 Å². The minimum absolute atomic E-state index is 0.134. The molecule has 5 atom stereocenters. The van der Waals surface area contributed by atoms with Gasteiger partial charge in [0.05, 0.1) is 6.10 Å². The summed E-state index contributed by atoms with van der Waals surface area (Å²) in [6.45, 7) is 6.37. The Morgan fingerprint density at radius 1 is 1.26 bits per heavy atom. The van der Waals surface area contributed by atoms with Crippen LogP contribution in [0, 0.1) is 24.2 Å². The lowest BCUT2D eigenvalue weighted by molar-refractivity contribution is -0.321. The summed E-state index contributed by atoms with van der Waals surface area (Å²) in [4.78, 5) is 10.4. The van der Waals surface area contributed by atoms with Crippen LogP contribution in [-0.4, -0.2) is 24.3 Å². The molecule has 2 fully saturated rings. The Labute approximate surface area is 140 Å². The summed E-state index contributed by atoms with van der Waals surface area (Å²) >= 11 is 0. The summed E-state index contributed by atoms with van der Waals surface area (Å²) < 4.78 is 12.6. The summed E-state index contributed by atoms with van der Waals surface area (Å²) in [6, 6.07) is 0. The number of terminal acetylenes is 1. The molecule has 0 aliphatic carbocycles. The molecule has 2 aliphatic heterocycles. The molecule has 126 valence electrons. The Bertz CT molecular complexity index is 509. The number of carbonyl (C=O) groups excluding carboxylic acids is 1. The number of rotatable bonds is 4.